The highest BCUT2D eigenvalue weighted by molar-refractivity contribution is 5.68. The molecule has 0 saturated carbocycles. The van der Waals surface area contributed by atoms with Gasteiger partial charge in [0.1, 0.15) is 28.6 Å². The second kappa shape index (κ2) is 19.4. The molecule has 1 N–H and O–H groups in total. The Morgan fingerprint density at radius 2 is 1.50 bits per heavy atom. The fraction of sp³-hybridized carbons (Fsp3) is 0.550. The number of nitrogens with zero attached hydrogens (tertiary/aromatic N) is 6. The van der Waals surface area contributed by atoms with Crippen LogP contribution < -0.4 is 33.9 Å². The third-order valence-electron chi connectivity index (χ3n) is 8.78. The molecule has 0 aliphatic heterocycles. The number of imidazole rings is 1. The average molecular weight is 750 g/mol. The zero-order valence-electron chi connectivity index (χ0n) is 33.9. The Hall–Kier alpha value is -4.98. The molecular weight excluding hydrogens is 690 g/mol. The molecule has 2 heterocycles. The van der Waals surface area contributed by atoms with Gasteiger partial charge in [0.2, 0.25) is 0 Å². The summed E-state index contributed by atoms with van der Waals surface area (Å²) in [6, 6.07) is 11.6. The first kappa shape index (κ1) is 41.8. The number of carbonyl (C=O) groups is 1. The van der Waals surface area contributed by atoms with Crippen molar-refractivity contribution in [1.82, 2.24) is 29.8 Å². The number of nitrogens with one attached hydrogen (secondary N) is 1. The van der Waals surface area contributed by atoms with Gasteiger partial charge < -0.3 is 43.5 Å². The van der Waals surface area contributed by atoms with Crippen LogP contribution in [0.25, 0.3) is 5.65 Å². The molecule has 2 aromatic carbocycles. The van der Waals surface area contributed by atoms with Crippen LogP contribution in [-0.2, 0) is 24.4 Å². The Morgan fingerprint density at radius 3 is 2.02 bits per heavy atom. The van der Waals surface area contributed by atoms with Gasteiger partial charge in [-0.05, 0) is 71.7 Å². The quantitative estimate of drug-likeness (QED) is 0.0992. The van der Waals surface area contributed by atoms with Gasteiger partial charge in [0, 0.05) is 62.0 Å². The Balaban J connectivity index is 1.76. The second-order valence-corrected chi connectivity index (χ2v) is 14.3. The number of fused-ring (bicyclic) bond motifs is 1. The van der Waals surface area contributed by atoms with Crippen molar-refractivity contribution in [1.29, 1.82) is 0 Å². The molecule has 0 bridgehead atoms. The Labute approximate surface area is 320 Å². The molecule has 296 valence electrons. The second-order valence-electron chi connectivity index (χ2n) is 14.3. The highest BCUT2D eigenvalue weighted by atomic mass is 16.6. The van der Waals surface area contributed by atoms with E-state index in [1.165, 1.54) is 0 Å². The van der Waals surface area contributed by atoms with Crippen molar-refractivity contribution in [3.05, 3.63) is 59.4 Å². The average Bonchev–Trinajstić information content (AvgIpc) is 3.55. The molecule has 0 radical (unpaired) electrons. The highest BCUT2D eigenvalue weighted by Gasteiger charge is 2.26. The van der Waals surface area contributed by atoms with Crippen molar-refractivity contribution < 1.29 is 33.2 Å². The summed E-state index contributed by atoms with van der Waals surface area (Å²) in [6.07, 6.45) is 3.97. The zero-order chi connectivity index (χ0) is 39.4. The fourth-order valence-corrected chi connectivity index (χ4v) is 6.08. The summed E-state index contributed by atoms with van der Waals surface area (Å²) in [5.41, 5.74) is 2.60. The number of amides is 1. The molecule has 0 aliphatic carbocycles. The Bertz CT molecular complexity index is 1750. The van der Waals surface area contributed by atoms with Crippen LogP contribution >= 0.6 is 0 Å². The molecule has 54 heavy (non-hydrogen) atoms. The normalized spacial score (nSPS) is 12.6. The minimum Gasteiger partial charge on any atom is -0.497 e. The number of hydrogen-bond acceptors (Lipinski definition) is 12. The number of benzene rings is 2. The number of hydrogen-bond donors (Lipinski definition) is 1. The van der Waals surface area contributed by atoms with E-state index < -0.39 is 5.60 Å². The molecule has 1 amide bonds. The van der Waals surface area contributed by atoms with Crippen LogP contribution in [0.4, 0.5) is 10.6 Å². The summed E-state index contributed by atoms with van der Waals surface area (Å²) >= 11 is 0. The van der Waals surface area contributed by atoms with Crippen molar-refractivity contribution >= 4 is 17.6 Å². The molecule has 4 rings (SSSR count). The third kappa shape index (κ3) is 11.0. The molecule has 2 atom stereocenters. The third-order valence-corrected chi connectivity index (χ3v) is 8.78. The lowest BCUT2D eigenvalue weighted by atomic mass is 10.1. The molecule has 4 aromatic rings. The van der Waals surface area contributed by atoms with Crippen molar-refractivity contribution in [3.8, 4) is 29.0 Å². The largest absolute Gasteiger partial charge is 0.497 e. The van der Waals surface area contributed by atoms with Crippen LogP contribution in [0.5, 0.6) is 29.0 Å². The van der Waals surface area contributed by atoms with E-state index in [0.717, 1.165) is 36.1 Å². The molecule has 14 nitrogen and oxygen atoms in total. The lowest BCUT2D eigenvalue weighted by Crippen LogP contribution is -2.46. The zero-order valence-corrected chi connectivity index (χ0v) is 33.9. The minimum atomic E-state index is -0.580. The monoisotopic (exact) mass is 749 g/mol. The van der Waals surface area contributed by atoms with Crippen molar-refractivity contribution in [2.45, 2.75) is 105 Å². The summed E-state index contributed by atoms with van der Waals surface area (Å²) in [5, 5.41) is 8.36. The van der Waals surface area contributed by atoms with Crippen molar-refractivity contribution in [3.63, 3.8) is 0 Å². The molecule has 0 saturated heterocycles. The van der Waals surface area contributed by atoms with Gasteiger partial charge in [-0.25, -0.2) is 14.3 Å². The van der Waals surface area contributed by atoms with Gasteiger partial charge in [0.05, 0.1) is 46.4 Å². The summed E-state index contributed by atoms with van der Waals surface area (Å²) in [5.74, 6) is 3.29. The van der Waals surface area contributed by atoms with Gasteiger partial charge in [-0.3, -0.25) is 0 Å². The summed E-state index contributed by atoms with van der Waals surface area (Å²) < 4.78 is 36.4. The summed E-state index contributed by atoms with van der Waals surface area (Å²) in [7, 11) is 6.54. The van der Waals surface area contributed by atoms with Gasteiger partial charge in [-0.15, -0.1) is 5.10 Å². The number of aromatic nitrogens is 4. The molecule has 0 aliphatic rings. The van der Waals surface area contributed by atoms with E-state index in [1.54, 1.807) is 44.1 Å². The van der Waals surface area contributed by atoms with E-state index >= 15 is 0 Å². The van der Waals surface area contributed by atoms with E-state index in [-0.39, 0.29) is 24.2 Å². The summed E-state index contributed by atoms with van der Waals surface area (Å²) in [4.78, 5) is 26.8. The molecule has 14 heteroatoms. The van der Waals surface area contributed by atoms with Crippen molar-refractivity contribution in [2.75, 3.05) is 46.4 Å². The van der Waals surface area contributed by atoms with Crippen LogP contribution in [0, 0.1) is 0 Å². The number of methoxy groups -OCH3 is 4. The number of rotatable bonds is 20. The van der Waals surface area contributed by atoms with E-state index in [1.807, 2.05) is 77.9 Å². The number of ether oxygens (including phenoxy) is 6. The maximum absolute atomic E-state index is 13.0. The molecule has 0 fully saturated rings. The van der Waals surface area contributed by atoms with Gasteiger partial charge in [0.25, 0.3) is 0 Å². The van der Waals surface area contributed by atoms with E-state index in [9.17, 15) is 4.79 Å². The molecular formula is C40H59N7O7. The van der Waals surface area contributed by atoms with Gasteiger partial charge in [0.15, 0.2) is 11.5 Å². The SMILES string of the molecule is CCCC(C)Oc1nc(N(Cc2ccc(OC)cc2OC)Cc2ccc(OC)cc2OC)c2ncc(CNC[C@H](C)N(CCC)C(=O)OC(C)(C)C)n2n1. The first-order valence-corrected chi connectivity index (χ1v) is 18.6. The van der Waals surface area contributed by atoms with Crippen LogP contribution in [0.1, 0.15) is 84.5 Å². The van der Waals surface area contributed by atoms with E-state index in [0.29, 0.717) is 67.2 Å². The lowest BCUT2D eigenvalue weighted by molar-refractivity contribution is 0.0176. The van der Waals surface area contributed by atoms with Crippen LogP contribution in [0.2, 0.25) is 0 Å². The molecule has 0 spiro atoms. The maximum atomic E-state index is 13.0. The van der Waals surface area contributed by atoms with Gasteiger partial charge in [-0.2, -0.15) is 4.98 Å². The van der Waals surface area contributed by atoms with Crippen LogP contribution in [0.3, 0.4) is 0 Å². The minimum absolute atomic E-state index is 0.111. The topological polar surface area (TPSA) is 134 Å². The standard InChI is InChI=1S/C40H59N7O7/c1-12-14-28(4)53-38-43-37(36-42-24-31(47(36)44-38)23-41-22-27(3)46(19-13-2)39(48)54-40(5,6)7)45(25-29-15-17-32(49-8)20-34(29)51-10)26-30-16-18-33(50-9)21-35(30)52-11/h15-18,20-21,24,27-28,41H,12-14,19,22-23,25-26H2,1-11H3/t27-,28?/m0/s1. The van der Waals surface area contributed by atoms with Crippen LogP contribution in [0.15, 0.2) is 42.6 Å². The van der Waals surface area contributed by atoms with Gasteiger partial charge in [-0.1, -0.05) is 20.3 Å². The fourth-order valence-electron chi connectivity index (χ4n) is 6.08. The molecule has 2 aromatic heterocycles. The number of carbonyl (C=O) groups excluding carboxylic acids is 1. The van der Waals surface area contributed by atoms with Crippen molar-refractivity contribution in [2.24, 2.45) is 0 Å². The summed E-state index contributed by atoms with van der Waals surface area (Å²) in [6.45, 7) is 16.2. The van der Waals surface area contributed by atoms with Crippen LogP contribution in [-0.4, -0.2) is 89.9 Å². The predicted molar refractivity (Wildman–Crippen MR) is 209 cm³/mol. The maximum Gasteiger partial charge on any atom is 0.410 e. The Kier molecular flexibility index (Phi) is 15.0. The predicted octanol–water partition coefficient (Wildman–Crippen LogP) is 7.06. The van der Waals surface area contributed by atoms with Gasteiger partial charge >= 0.3 is 12.1 Å². The van der Waals surface area contributed by atoms with E-state index in [4.69, 9.17) is 43.5 Å². The Morgan fingerprint density at radius 1 is 0.889 bits per heavy atom. The first-order chi connectivity index (χ1) is 25.8. The molecule has 1 unspecified atom stereocenters. The van der Waals surface area contributed by atoms with E-state index in [2.05, 4.69) is 17.1 Å². The number of anilines is 1. The highest BCUT2D eigenvalue weighted by Crippen LogP contribution is 2.33. The lowest BCUT2D eigenvalue weighted by Gasteiger charge is -2.31. The smallest absolute Gasteiger partial charge is 0.410 e. The first-order valence-electron chi connectivity index (χ1n) is 18.6.